The van der Waals surface area contributed by atoms with E-state index in [4.69, 9.17) is 0 Å². The maximum Gasteiger partial charge on any atom is 0.276 e. The number of nitrogens with zero attached hydrogens (tertiary/aromatic N) is 2. The van der Waals surface area contributed by atoms with Gasteiger partial charge in [0.1, 0.15) is 5.82 Å². The minimum Gasteiger partial charge on any atom is -0.318 e. The third-order valence-electron chi connectivity index (χ3n) is 5.94. The number of benzene rings is 2. The third kappa shape index (κ3) is 3.40. The van der Waals surface area contributed by atoms with Crippen molar-refractivity contribution in [3.05, 3.63) is 75.9 Å². The number of nitrogens with one attached hydrogen (secondary N) is 2. The molecule has 0 fully saturated rings. The number of rotatable bonds is 3. The molecule has 2 N–H and O–H groups in total. The molecular formula is C23H24ClFN4O. The predicted molar refractivity (Wildman–Crippen MR) is 117 cm³/mol. The van der Waals surface area contributed by atoms with Crippen LogP contribution in [0.15, 0.2) is 36.4 Å². The summed E-state index contributed by atoms with van der Waals surface area (Å²) in [5.41, 5.74) is 6.43. The van der Waals surface area contributed by atoms with Crippen molar-refractivity contribution in [2.45, 2.75) is 39.2 Å². The van der Waals surface area contributed by atoms with Crippen LogP contribution >= 0.6 is 12.4 Å². The zero-order valence-electron chi connectivity index (χ0n) is 16.8. The van der Waals surface area contributed by atoms with Crippen molar-refractivity contribution in [3.63, 3.8) is 0 Å². The van der Waals surface area contributed by atoms with E-state index < -0.39 is 0 Å². The van der Waals surface area contributed by atoms with Crippen molar-refractivity contribution >= 4 is 24.0 Å². The Labute approximate surface area is 181 Å². The first-order valence-corrected chi connectivity index (χ1v) is 10.1. The fourth-order valence-electron chi connectivity index (χ4n) is 4.43. The average Bonchev–Trinajstić information content (AvgIpc) is 3.34. The molecule has 5 rings (SSSR count). The highest BCUT2D eigenvalue weighted by Crippen LogP contribution is 2.30. The summed E-state index contributed by atoms with van der Waals surface area (Å²) in [6.45, 7) is 3.44. The fraction of sp³-hybridized carbons (Fsp3) is 0.304. The molecule has 1 aromatic heterocycles. The van der Waals surface area contributed by atoms with Crippen LogP contribution in [0.1, 0.15) is 44.9 Å². The van der Waals surface area contributed by atoms with E-state index in [1.807, 2.05) is 41.9 Å². The number of hydrogen-bond acceptors (Lipinski definition) is 3. The number of amides is 1. The van der Waals surface area contributed by atoms with E-state index in [2.05, 4.69) is 15.7 Å². The summed E-state index contributed by atoms with van der Waals surface area (Å²) in [5.74, 6) is -0.671. The van der Waals surface area contributed by atoms with Gasteiger partial charge in [-0.15, -0.1) is 12.4 Å². The summed E-state index contributed by atoms with van der Waals surface area (Å²) in [6.07, 6.45) is 3.34. The van der Waals surface area contributed by atoms with Crippen molar-refractivity contribution in [1.29, 1.82) is 0 Å². The Morgan fingerprint density at radius 2 is 1.97 bits per heavy atom. The smallest absolute Gasteiger partial charge is 0.276 e. The minimum absolute atomic E-state index is 0. The monoisotopic (exact) mass is 426 g/mol. The van der Waals surface area contributed by atoms with Gasteiger partial charge >= 0.3 is 0 Å². The molecule has 0 atom stereocenters. The second-order valence-corrected chi connectivity index (χ2v) is 7.77. The second-order valence-electron chi connectivity index (χ2n) is 7.77. The van der Waals surface area contributed by atoms with Crippen LogP contribution in [0.4, 0.5) is 10.1 Å². The number of aryl methyl sites for hydroxylation is 1. The van der Waals surface area contributed by atoms with Gasteiger partial charge in [0.15, 0.2) is 5.69 Å². The van der Waals surface area contributed by atoms with Gasteiger partial charge < -0.3 is 10.6 Å². The highest BCUT2D eigenvalue weighted by molar-refractivity contribution is 6.04. The zero-order chi connectivity index (χ0) is 20.0. The van der Waals surface area contributed by atoms with Crippen LogP contribution in [0.25, 0.3) is 5.69 Å². The minimum atomic E-state index is -0.344. The maximum atomic E-state index is 15.0. The Balaban J connectivity index is 0.00000218. The van der Waals surface area contributed by atoms with Gasteiger partial charge in [0, 0.05) is 17.8 Å². The molecular weight excluding hydrogens is 403 g/mol. The van der Waals surface area contributed by atoms with Gasteiger partial charge in [0.2, 0.25) is 0 Å². The number of para-hydroxylation sites is 1. The van der Waals surface area contributed by atoms with Crippen molar-refractivity contribution in [3.8, 4) is 5.69 Å². The molecule has 156 valence electrons. The number of fused-ring (bicyclic) bond motifs is 2. The lowest BCUT2D eigenvalue weighted by Gasteiger charge is -2.19. The van der Waals surface area contributed by atoms with Crippen molar-refractivity contribution in [1.82, 2.24) is 15.1 Å². The SMILES string of the molecule is Cc1ccccc1-n1nc(C(=O)Nc2ccc3c(c2F)CCNC3)c2c1CCC2.Cl. The van der Waals surface area contributed by atoms with E-state index in [0.29, 0.717) is 24.2 Å². The quantitative estimate of drug-likeness (QED) is 0.662. The summed E-state index contributed by atoms with van der Waals surface area (Å²) in [7, 11) is 0. The standard InChI is InChI=1S/C23H23FN4O.ClH/c1-14-5-2-3-7-19(14)28-20-8-4-6-17(20)22(27-28)23(29)26-18-10-9-15-13-25-12-11-16(15)21(18)24;/h2-3,5,7,9-10,25H,4,6,8,11-13H2,1H3,(H,26,29);1H. The molecule has 30 heavy (non-hydrogen) atoms. The van der Waals surface area contributed by atoms with Gasteiger partial charge in [-0.1, -0.05) is 24.3 Å². The second kappa shape index (κ2) is 8.20. The molecule has 0 saturated heterocycles. The molecule has 1 amide bonds. The van der Waals surface area contributed by atoms with Gasteiger partial charge in [-0.25, -0.2) is 9.07 Å². The van der Waals surface area contributed by atoms with Gasteiger partial charge in [0.25, 0.3) is 5.91 Å². The lowest BCUT2D eigenvalue weighted by molar-refractivity contribution is 0.102. The molecule has 0 radical (unpaired) electrons. The fourth-order valence-corrected chi connectivity index (χ4v) is 4.43. The predicted octanol–water partition coefficient (Wildman–Crippen LogP) is 4.13. The summed E-state index contributed by atoms with van der Waals surface area (Å²) in [5, 5.41) is 10.7. The molecule has 0 saturated carbocycles. The van der Waals surface area contributed by atoms with E-state index >= 15 is 0 Å². The Kier molecular flexibility index (Phi) is 5.62. The molecule has 0 spiro atoms. The van der Waals surface area contributed by atoms with Crippen LogP contribution in [0, 0.1) is 12.7 Å². The summed E-state index contributed by atoms with van der Waals surface area (Å²) in [4.78, 5) is 13.1. The van der Waals surface area contributed by atoms with Crippen LogP contribution in [-0.4, -0.2) is 22.2 Å². The van der Waals surface area contributed by atoms with E-state index in [0.717, 1.165) is 53.9 Å². The molecule has 3 aromatic rings. The Hall–Kier alpha value is -2.70. The molecule has 7 heteroatoms. The van der Waals surface area contributed by atoms with Crippen LogP contribution in [0.2, 0.25) is 0 Å². The summed E-state index contributed by atoms with van der Waals surface area (Å²) in [6, 6.07) is 11.6. The molecule has 5 nitrogen and oxygen atoms in total. The van der Waals surface area contributed by atoms with E-state index in [-0.39, 0.29) is 29.8 Å². The molecule has 0 unspecified atom stereocenters. The summed E-state index contributed by atoms with van der Waals surface area (Å²) < 4.78 is 16.8. The van der Waals surface area contributed by atoms with Crippen LogP contribution in [0.5, 0.6) is 0 Å². The van der Waals surface area contributed by atoms with Crippen LogP contribution in [0.3, 0.4) is 0 Å². The number of hydrogen-bond donors (Lipinski definition) is 2. The Morgan fingerprint density at radius 3 is 2.80 bits per heavy atom. The third-order valence-corrected chi connectivity index (χ3v) is 5.94. The lowest BCUT2D eigenvalue weighted by atomic mass is 9.99. The number of carbonyl (C=O) groups excluding carboxylic acids is 1. The topological polar surface area (TPSA) is 59.0 Å². The maximum absolute atomic E-state index is 15.0. The van der Waals surface area contributed by atoms with Crippen LogP contribution in [-0.2, 0) is 25.8 Å². The lowest BCUT2D eigenvalue weighted by Crippen LogP contribution is -2.25. The van der Waals surface area contributed by atoms with Gasteiger partial charge in [-0.3, -0.25) is 4.79 Å². The molecule has 2 aliphatic rings. The molecule has 1 aliphatic heterocycles. The van der Waals surface area contributed by atoms with Crippen molar-refractivity contribution in [2.75, 3.05) is 11.9 Å². The highest BCUT2D eigenvalue weighted by Gasteiger charge is 2.28. The Bertz CT molecular complexity index is 1120. The van der Waals surface area contributed by atoms with E-state index in [1.165, 1.54) is 0 Å². The van der Waals surface area contributed by atoms with Gasteiger partial charge in [-0.05, 0) is 68.0 Å². The normalized spacial score (nSPS) is 14.6. The number of carbonyl (C=O) groups is 1. The van der Waals surface area contributed by atoms with Gasteiger partial charge in [-0.2, -0.15) is 5.10 Å². The van der Waals surface area contributed by atoms with Crippen LogP contribution < -0.4 is 10.6 Å². The van der Waals surface area contributed by atoms with Crippen molar-refractivity contribution in [2.24, 2.45) is 0 Å². The van der Waals surface area contributed by atoms with E-state index in [9.17, 15) is 9.18 Å². The van der Waals surface area contributed by atoms with Gasteiger partial charge in [0.05, 0.1) is 11.4 Å². The zero-order valence-corrected chi connectivity index (χ0v) is 17.6. The largest absolute Gasteiger partial charge is 0.318 e. The molecule has 2 heterocycles. The highest BCUT2D eigenvalue weighted by atomic mass is 35.5. The molecule has 2 aromatic carbocycles. The first-order chi connectivity index (χ1) is 14.1. The van der Waals surface area contributed by atoms with E-state index in [1.54, 1.807) is 6.07 Å². The first-order valence-electron chi connectivity index (χ1n) is 10.1. The average molecular weight is 427 g/mol. The molecule has 0 bridgehead atoms. The number of anilines is 1. The Morgan fingerprint density at radius 1 is 1.13 bits per heavy atom. The first kappa shape index (κ1) is 20.6. The number of halogens is 2. The summed E-state index contributed by atoms with van der Waals surface area (Å²) >= 11 is 0. The molecule has 1 aliphatic carbocycles. The van der Waals surface area contributed by atoms with Crippen molar-refractivity contribution < 1.29 is 9.18 Å². The number of aromatic nitrogens is 2.